The Morgan fingerprint density at radius 3 is 2.44 bits per heavy atom. The molecule has 18 heavy (non-hydrogen) atoms. The minimum absolute atomic E-state index is 0.144. The Morgan fingerprint density at radius 2 is 2.00 bits per heavy atom. The van der Waals surface area contributed by atoms with Gasteiger partial charge in [-0.3, -0.25) is 0 Å². The first-order valence-corrected chi connectivity index (χ1v) is 8.50. The smallest absolute Gasteiger partial charge is 0.216 e. The van der Waals surface area contributed by atoms with Crippen LogP contribution in [0.25, 0.3) is 0 Å². The summed E-state index contributed by atoms with van der Waals surface area (Å²) in [4.78, 5) is 1.06. The van der Waals surface area contributed by atoms with E-state index in [4.69, 9.17) is 0 Å². The van der Waals surface area contributed by atoms with E-state index in [1.54, 1.807) is 25.3 Å². The number of rotatable bonds is 7. The molecule has 1 aromatic heterocycles. The Labute approximate surface area is 114 Å². The Bertz CT molecular complexity index is 441. The first kappa shape index (κ1) is 15.6. The molecule has 0 fully saturated rings. The predicted octanol–water partition coefficient (Wildman–Crippen LogP) is 1.97. The second-order valence-electron chi connectivity index (χ2n) is 4.77. The highest BCUT2D eigenvalue weighted by molar-refractivity contribution is 7.90. The van der Waals surface area contributed by atoms with Crippen molar-refractivity contribution in [2.75, 3.05) is 13.6 Å². The SMILES string of the molecule is CNCC(C)S(=O)(=O)NC(c1cccs1)C(C)C. The van der Waals surface area contributed by atoms with Crippen molar-refractivity contribution in [3.05, 3.63) is 22.4 Å². The number of hydrogen-bond acceptors (Lipinski definition) is 4. The fraction of sp³-hybridized carbons (Fsp3) is 0.667. The quantitative estimate of drug-likeness (QED) is 0.807. The molecule has 0 saturated heterocycles. The standard InChI is InChI=1S/C12H22N2O2S2/c1-9(2)12(11-6-5-7-17-11)14-18(15,16)10(3)8-13-4/h5-7,9-10,12-14H,8H2,1-4H3. The van der Waals surface area contributed by atoms with Gasteiger partial charge in [-0.2, -0.15) is 0 Å². The Kier molecular flexibility index (Phi) is 5.78. The lowest BCUT2D eigenvalue weighted by Crippen LogP contribution is -2.41. The van der Waals surface area contributed by atoms with Crippen molar-refractivity contribution in [2.45, 2.75) is 32.1 Å². The van der Waals surface area contributed by atoms with Gasteiger partial charge in [-0.25, -0.2) is 13.1 Å². The van der Waals surface area contributed by atoms with Crippen molar-refractivity contribution < 1.29 is 8.42 Å². The third kappa shape index (κ3) is 4.05. The lowest BCUT2D eigenvalue weighted by Gasteiger charge is -2.23. The van der Waals surface area contributed by atoms with Gasteiger partial charge in [0.1, 0.15) is 0 Å². The summed E-state index contributed by atoms with van der Waals surface area (Å²) >= 11 is 1.58. The fourth-order valence-corrected chi connectivity index (χ4v) is 4.08. The number of nitrogens with one attached hydrogen (secondary N) is 2. The van der Waals surface area contributed by atoms with Crippen LogP contribution in [0.3, 0.4) is 0 Å². The van der Waals surface area contributed by atoms with Crippen LogP contribution in [0.5, 0.6) is 0 Å². The van der Waals surface area contributed by atoms with Crippen molar-refractivity contribution in [1.82, 2.24) is 10.0 Å². The molecule has 0 bridgehead atoms. The summed E-state index contributed by atoms with van der Waals surface area (Å²) in [5.74, 6) is 0.222. The van der Waals surface area contributed by atoms with E-state index in [0.717, 1.165) is 4.88 Å². The van der Waals surface area contributed by atoms with E-state index < -0.39 is 15.3 Å². The molecule has 0 spiro atoms. The highest BCUT2D eigenvalue weighted by atomic mass is 32.2. The number of sulfonamides is 1. The number of thiophene rings is 1. The van der Waals surface area contributed by atoms with E-state index in [1.165, 1.54) is 0 Å². The van der Waals surface area contributed by atoms with E-state index >= 15 is 0 Å². The molecular weight excluding hydrogens is 268 g/mol. The molecule has 0 aromatic carbocycles. The molecule has 4 nitrogen and oxygen atoms in total. The van der Waals surface area contributed by atoms with Gasteiger partial charge in [0.15, 0.2) is 0 Å². The van der Waals surface area contributed by atoms with E-state index in [-0.39, 0.29) is 12.0 Å². The maximum absolute atomic E-state index is 12.2. The van der Waals surface area contributed by atoms with Gasteiger partial charge in [0.05, 0.1) is 11.3 Å². The summed E-state index contributed by atoms with van der Waals surface area (Å²) in [6.45, 7) is 6.21. The van der Waals surface area contributed by atoms with Crippen LogP contribution < -0.4 is 10.0 Å². The van der Waals surface area contributed by atoms with Crippen molar-refractivity contribution in [2.24, 2.45) is 5.92 Å². The van der Waals surface area contributed by atoms with Gasteiger partial charge in [0, 0.05) is 11.4 Å². The molecule has 0 saturated carbocycles. The second-order valence-corrected chi connectivity index (χ2v) is 7.88. The third-order valence-electron chi connectivity index (χ3n) is 2.83. The highest BCUT2D eigenvalue weighted by Gasteiger charge is 2.27. The van der Waals surface area contributed by atoms with Crippen LogP contribution in [-0.2, 0) is 10.0 Å². The van der Waals surface area contributed by atoms with Crippen LogP contribution in [0.4, 0.5) is 0 Å². The normalized spacial score (nSPS) is 15.8. The zero-order valence-corrected chi connectivity index (χ0v) is 12.9. The Morgan fingerprint density at radius 1 is 1.33 bits per heavy atom. The summed E-state index contributed by atoms with van der Waals surface area (Å²) in [5, 5.41) is 4.42. The van der Waals surface area contributed by atoms with Crippen molar-refractivity contribution in [3.63, 3.8) is 0 Å². The predicted molar refractivity (Wildman–Crippen MR) is 77.3 cm³/mol. The monoisotopic (exact) mass is 290 g/mol. The zero-order valence-electron chi connectivity index (χ0n) is 11.3. The summed E-state index contributed by atoms with van der Waals surface area (Å²) in [5.41, 5.74) is 0. The summed E-state index contributed by atoms with van der Waals surface area (Å²) in [7, 11) is -1.54. The molecule has 0 aliphatic heterocycles. The topological polar surface area (TPSA) is 58.2 Å². The number of hydrogen-bond donors (Lipinski definition) is 2. The van der Waals surface area contributed by atoms with Crippen molar-refractivity contribution in [3.8, 4) is 0 Å². The van der Waals surface area contributed by atoms with Gasteiger partial charge in [-0.05, 0) is 31.3 Å². The molecule has 0 radical (unpaired) electrons. The van der Waals surface area contributed by atoms with Crippen LogP contribution >= 0.6 is 11.3 Å². The Hall–Kier alpha value is -0.430. The van der Waals surface area contributed by atoms with E-state index in [1.807, 2.05) is 31.4 Å². The second kappa shape index (κ2) is 6.65. The first-order valence-electron chi connectivity index (χ1n) is 6.07. The van der Waals surface area contributed by atoms with Crippen LogP contribution in [0.1, 0.15) is 31.7 Å². The first-order chi connectivity index (χ1) is 8.38. The molecule has 0 aliphatic rings. The van der Waals surface area contributed by atoms with E-state index in [0.29, 0.717) is 6.54 Å². The summed E-state index contributed by atoms with van der Waals surface area (Å²) < 4.78 is 27.2. The molecule has 0 aliphatic carbocycles. The van der Waals surface area contributed by atoms with Crippen molar-refractivity contribution >= 4 is 21.4 Å². The minimum Gasteiger partial charge on any atom is -0.318 e. The molecule has 1 rings (SSSR count). The molecule has 1 aromatic rings. The molecule has 2 unspecified atom stereocenters. The van der Waals surface area contributed by atoms with Gasteiger partial charge in [-0.15, -0.1) is 11.3 Å². The molecular formula is C12H22N2O2S2. The van der Waals surface area contributed by atoms with Gasteiger partial charge >= 0.3 is 0 Å². The van der Waals surface area contributed by atoms with Gasteiger partial charge in [-0.1, -0.05) is 19.9 Å². The molecule has 104 valence electrons. The molecule has 2 atom stereocenters. The van der Waals surface area contributed by atoms with Crippen LogP contribution in [-0.4, -0.2) is 27.3 Å². The average Bonchev–Trinajstić information content (AvgIpc) is 2.79. The molecule has 2 N–H and O–H groups in total. The van der Waals surface area contributed by atoms with Crippen LogP contribution in [0.15, 0.2) is 17.5 Å². The molecule has 0 amide bonds. The fourth-order valence-electron chi connectivity index (χ4n) is 1.68. The third-order valence-corrected chi connectivity index (χ3v) is 5.59. The minimum atomic E-state index is -3.30. The van der Waals surface area contributed by atoms with E-state index in [2.05, 4.69) is 10.0 Å². The largest absolute Gasteiger partial charge is 0.318 e. The van der Waals surface area contributed by atoms with Gasteiger partial charge < -0.3 is 5.32 Å². The Balaban J connectivity index is 2.85. The lowest BCUT2D eigenvalue weighted by molar-refractivity contribution is 0.464. The average molecular weight is 290 g/mol. The molecule has 1 heterocycles. The van der Waals surface area contributed by atoms with E-state index in [9.17, 15) is 8.42 Å². The van der Waals surface area contributed by atoms with Gasteiger partial charge in [0.25, 0.3) is 0 Å². The lowest BCUT2D eigenvalue weighted by atomic mass is 10.0. The zero-order chi connectivity index (χ0) is 13.8. The van der Waals surface area contributed by atoms with Gasteiger partial charge in [0.2, 0.25) is 10.0 Å². The van der Waals surface area contributed by atoms with Crippen molar-refractivity contribution in [1.29, 1.82) is 0 Å². The molecule has 6 heteroatoms. The maximum atomic E-state index is 12.2. The van der Waals surface area contributed by atoms with Crippen LogP contribution in [0.2, 0.25) is 0 Å². The summed E-state index contributed by atoms with van der Waals surface area (Å²) in [6, 6.07) is 3.77. The summed E-state index contributed by atoms with van der Waals surface area (Å²) in [6.07, 6.45) is 0. The van der Waals surface area contributed by atoms with Crippen LogP contribution in [0, 0.1) is 5.92 Å². The highest BCUT2D eigenvalue weighted by Crippen LogP contribution is 2.26. The maximum Gasteiger partial charge on any atom is 0.216 e.